The highest BCUT2D eigenvalue weighted by atomic mass is 35.5. The van der Waals surface area contributed by atoms with E-state index < -0.39 is 0 Å². The lowest BCUT2D eigenvalue weighted by molar-refractivity contribution is 0.306. The highest BCUT2D eigenvalue weighted by Gasteiger charge is 1.95. The van der Waals surface area contributed by atoms with Gasteiger partial charge in [0.15, 0.2) is 0 Å². The summed E-state index contributed by atoms with van der Waals surface area (Å²) >= 11 is 5.82. The number of nitrogens with zero attached hydrogens (tertiary/aromatic N) is 2. The molecule has 0 saturated carbocycles. The molecule has 0 atom stereocenters. The van der Waals surface area contributed by atoms with Crippen LogP contribution in [0, 0.1) is 0 Å². The summed E-state index contributed by atoms with van der Waals surface area (Å²) in [6.07, 6.45) is 3.50. The SMILES string of the molecule is CCCCCOc1ccc(N=Nc2ccc(Cl)cc2)cc1. The van der Waals surface area contributed by atoms with Gasteiger partial charge in [-0.2, -0.15) is 10.2 Å². The van der Waals surface area contributed by atoms with Gasteiger partial charge in [-0.05, 0) is 55.0 Å². The van der Waals surface area contributed by atoms with Gasteiger partial charge < -0.3 is 4.74 Å². The van der Waals surface area contributed by atoms with E-state index in [0.29, 0.717) is 5.02 Å². The molecule has 0 amide bonds. The van der Waals surface area contributed by atoms with Crippen LogP contribution in [0.25, 0.3) is 0 Å². The first kappa shape index (κ1) is 15.5. The Hall–Kier alpha value is -1.87. The largest absolute Gasteiger partial charge is 0.494 e. The molecule has 110 valence electrons. The zero-order valence-electron chi connectivity index (χ0n) is 12.1. The molecule has 2 aromatic rings. The molecule has 0 aromatic heterocycles. The van der Waals surface area contributed by atoms with Crippen LogP contribution < -0.4 is 4.74 Å². The molecule has 0 aliphatic rings. The standard InChI is InChI=1S/C17H19ClN2O/c1-2-3-4-13-21-17-11-9-16(10-12-17)20-19-15-7-5-14(18)6-8-15/h5-12H,2-4,13H2,1H3. The lowest BCUT2D eigenvalue weighted by atomic mass is 10.2. The van der Waals surface area contributed by atoms with Crippen LogP contribution in [0.2, 0.25) is 5.02 Å². The molecule has 0 bridgehead atoms. The van der Waals surface area contributed by atoms with E-state index in [4.69, 9.17) is 16.3 Å². The Morgan fingerprint density at radius 1 is 0.857 bits per heavy atom. The number of azo groups is 1. The minimum absolute atomic E-state index is 0.693. The number of hydrogen-bond acceptors (Lipinski definition) is 3. The number of unbranched alkanes of at least 4 members (excludes halogenated alkanes) is 2. The minimum atomic E-state index is 0.693. The first-order valence-electron chi connectivity index (χ1n) is 7.18. The zero-order chi connectivity index (χ0) is 14.9. The van der Waals surface area contributed by atoms with Crippen LogP contribution in [0.4, 0.5) is 11.4 Å². The molecule has 0 spiro atoms. The van der Waals surface area contributed by atoms with E-state index in [9.17, 15) is 0 Å². The molecule has 0 aliphatic heterocycles. The third-order valence-electron chi connectivity index (χ3n) is 2.96. The van der Waals surface area contributed by atoms with Gasteiger partial charge in [0, 0.05) is 5.02 Å². The van der Waals surface area contributed by atoms with E-state index >= 15 is 0 Å². The lowest BCUT2D eigenvalue weighted by Crippen LogP contribution is -1.96. The van der Waals surface area contributed by atoms with Gasteiger partial charge in [-0.25, -0.2) is 0 Å². The predicted molar refractivity (Wildman–Crippen MR) is 87.1 cm³/mol. The molecule has 0 N–H and O–H groups in total. The molecule has 0 unspecified atom stereocenters. The zero-order valence-corrected chi connectivity index (χ0v) is 12.9. The van der Waals surface area contributed by atoms with Gasteiger partial charge in [0.1, 0.15) is 5.75 Å². The predicted octanol–water partition coefficient (Wildman–Crippen LogP) is 6.32. The van der Waals surface area contributed by atoms with Crippen molar-refractivity contribution >= 4 is 23.0 Å². The van der Waals surface area contributed by atoms with E-state index in [1.54, 1.807) is 12.1 Å². The number of halogens is 1. The summed E-state index contributed by atoms with van der Waals surface area (Å²) in [4.78, 5) is 0. The number of rotatable bonds is 7. The van der Waals surface area contributed by atoms with Crippen LogP contribution in [0.1, 0.15) is 26.2 Å². The highest BCUT2D eigenvalue weighted by molar-refractivity contribution is 6.30. The van der Waals surface area contributed by atoms with Crippen molar-refractivity contribution in [2.75, 3.05) is 6.61 Å². The number of ether oxygens (including phenoxy) is 1. The molecular weight excluding hydrogens is 284 g/mol. The molecule has 0 aliphatic carbocycles. The van der Waals surface area contributed by atoms with Crippen LogP contribution in [-0.2, 0) is 0 Å². The third kappa shape index (κ3) is 5.56. The molecule has 3 nitrogen and oxygen atoms in total. The Morgan fingerprint density at radius 3 is 2.00 bits per heavy atom. The Bertz CT molecular complexity index is 564. The second-order valence-electron chi connectivity index (χ2n) is 4.73. The van der Waals surface area contributed by atoms with E-state index in [-0.39, 0.29) is 0 Å². The van der Waals surface area contributed by atoms with E-state index in [1.807, 2.05) is 36.4 Å². The quantitative estimate of drug-likeness (QED) is 0.435. The van der Waals surface area contributed by atoms with Crippen molar-refractivity contribution in [2.24, 2.45) is 10.2 Å². The second-order valence-corrected chi connectivity index (χ2v) is 5.16. The van der Waals surface area contributed by atoms with Gasteiger partial charge >= 0.3 is 0 Å². The summed E-state index contributed by atoms with van der Waals surface area (Å²) < 4.78 is 5.65. The smallest absolute Gasteiger partial charge is 0.119 e. The molecule has 0 heterocycles. The fourth-order valence-corrected chi connectivity index (χ4v) is 1.90. The van der Waals surface area contributed by atoms with Crippen LogP contribution in [0.3, 0.4) is 0 Å². The molecule has 4 heteroatoms. The van der Waals surface area contributed by atoms with Gasteiger partial charge in [-0.1, -0.05) is 31.4 Å². The van der Waals surface area contributed by atoms with Crippen molar-refractivity contribution < 1.29 is 4.74 Å². The average Bonchev–Trinajstić information content (AvgIpc) is 2.52. The fraction of sp³-hybridized carbons (Fsp3) is 0.294. The van der Waals surface area contributed by atoms with Crippen molar-refractivity contribution in [3.05, 3.63) is 53.6 Å². The van der Waals surface area contributed by atoms with Gasteiger partial charge in [-0.3, -0.25) is 0 Å². The normalized spacial score (nSPS) is 11.0. The molecule has 2 aromatic carbocycles. The van der Waals surface area contributed by atoms with Crippen molar-refractivity contribution in [3.63, 3.8) is 0 Å². The van der Waals surface area contributed by atoms with Gasteiger partial charge in [-0.15, -0.1) is 0 Å². The topological polar surface area (TPSA) is 34.0 Å². The van der Waals surface area contributed by atoms with E-state index in [1.165, 1.54) is 12.8 Å². The van der Waals surface area contributed by atoms with Crippen LogP contribution in [0.5, 0.6) is 5.75 Å². The highest BCUT2D eigenvalue weighted by Crippen LogP contribution is 2.22. The molecule has 21 heavy (non-hydrogen) atoms. The number of benzene rings is 2. The maximum absolute atomic E-state index is 5.82. The first-order chi connectivity index (χ1) is 10.3. The second kappa shape index (κ2) is 8.42. The maximum Gasteiger partial charge on any atom is 0.119 e. The van der Waals surface area contributed by atoms with Crippen molar-refractivity contribution in [3.8, 4) is 5.75 Å². The van der Waals surface area contributed by atoms with Gasteiger partial charge in [0.05, 0.1) is 18.0 Å². The van der Waals surface area contributed by atoms with Crippen LogP contribution in [-0.4, -0.2) is 6.61 Å². The van der Waals surface area contributed by atoms with Crippen LogP contribution in [0.15, 0.2) is 58.8 Å². The Morgan fingerprint density at radius 2 is 1.43 bits per heavy atom. The van der Waals surface area contributed by atoms with Gasteiger partial charge in [0.2, 0.25) is 0 Å². The summed E-state index contributed by atoms with van der Waals surface area (Å²) in [6, 6.07) is 14.9. The summed E-state index contributed by atoms with van der Waals surface area (Å²) in [5.41, 5.74) is 1.57. The van der Waals surface area contributed by atoms with Crippen LogP contribution >= 0.6 is 11.6 Å². The number of hydrogen-bond donors (Lipinski definition) is 0. The van der Waals surface area contributed by atoms with Crippen molar-refractivity contribution in [2.45, 2.75) is 26.2 Å². The Labute approximate surface area is 130 Å². The van der Waals surface area contributed by atoms with Gasteiger partial charge in [0.25, 0.3) is 0 Å². The first-order valence-corrected chi connectivity index (χ1v) is 7.56. The Balaban J connectivity index is 1.88. The molecule has 0 fully saturated rings. The molecule has 2 rings (SSSR count). The molecule has 0 radical (unpaired) electrons. The van der Waals surface area contributed by atoms with Crippen molar-refractivity contribution in [1.82, 2.24) is 0 Å². The summed E-state index contributed by atoms with van der Waals surface area (Å²) in [5, 5.41) is 9.04. The third-order valence-corrected chi connectivity index (χ3v) is 3.21. The van der Waals surface area contributed by atoms with Crippen molar-refractivity contribution in [1.29, 1.82) is 0 Å². The maximum atomic E-state index is 5.82. The lowest BCUT2D eigenvalue weighted by Gasteiger charge is -2.05. The summed E-state index contributed by atoms with van der Waals surface area (Å²) in [7, 11) is 0. The van der Waals surface area contributed by atoms with E-state index in [2.05, 4.69) is 17.2 Å². The molecular formula is C17H19ClN2O. The Kier molecular flexibility index (Phi) is 6.22. The fourth-order valence-electron chi connectivity index (χ4n) is 1.77. The minimum Gasteiger partial charge on any atom is -0.494 e. The van der Waals surface area contributed by atoms with E-state index in [0.717, 1.165) is 30.2 Å². The summed E-state index contributed by atoms with van der Waals surface area (Å²) in [5.74, 6) is 0.872. The monoisotopic (exact) mass is 302 g/mol. The molecule has 0 saturated heterocycles. The summed E-state index contributed by atoms with van der Waals surface area (Å²) in [6.45, 7) is 2.94. The average molecular weight is 303 g/mol.